The minimum Gasteiger partial charge on any atom is -0.396 e. The molecule has 0 unspecified atom stereocenters. The lowest BCUT2D eigenvalue weighted by Crippen LogP contribution is -2.39. The van der Waals surface area contributed by atoms with E-state index in [1.165, 1.54) is 0 Å². The van der Waals surface area contributed by atoms with Crippen LogP contribution in [0.5, 0.6) is 0 Å². The molecule has 2 amide bonds. The number of carbonyl (C=O) groups excluding carboxylic acids is 1. The summed E-state index contributed by atoms with van der Waals surface area (Å²) in [5.74, 6) is 0. The second kappa shape index (κ2) is 8.67. The summed E-state index contributed by atoms with van der Waals surface area (Å²) in [7, 11) is 0. The number of hydrogen-bond acceptors (Lipinski definition) is 2. The molecule has 0 bridgehead atoms. The summed E-state index contributed by atoms with van der Waals surface area (Å²) in [5, 5.41) is 15.1. The van der Waals surface area contributed by atoms with Crippen LogP contribution in [0.15, 0.2) is 24.3 Å². The zero-order valence-corrected chi connectivity index (χ0v) is 13.4. The van der Waals surface area contributed by atoms with Crippen molar-refractivity contribution in [3.63, 3.8) is 0 Å². The van der Waals surface area contributed by atoms with Crippen molar-refractivity contribution in [3.05, 3.63) is 29.8 Å². The average molecular weight is 292 g/mol. The Labute approximate surface area is 128 Å². The number of anilines is 1. The SMILES string of the molecule is CCc1ccccc1NC(=O)NCC(CC)(CC)CCO. The van der Waals surface area contributed by atoms with Crippen molar-refractivity contribution in [3.8, 4) is 0 Å². The number of aliphatic hydroxyl groups excluding tert-OH is 1. The summed E-state index contributed by atoms with van der Waals surface area (Å²) in [6.45, 7) is 7.01. The molecule has 0 saturated carbocycles. The molecular weight excluding hydrogens is 264 g/mol. The molecule has 0 aromatic heterocycles. The van der Waals surface area contributed by atoms with Gasteiger partial charge < -0.3 is 15.7 Å². The zero-order valence-electron chi connectivity index (χ0n) is 13.4. The first-order valence-electron chi connectivity index (χ1n) is 7.84. The van der Waals surface area contributed by atoms with Gasteiger partial charge in [-0.1, -0.05) is 39.0 Å². The molecule has 0 fully saturated rings. The van der Waals surface area contributed by atoms with E-state index in [0.29, 0.717) is 13.0 Å². The van der Waals surface area contributed by atoms with E-state index >= 15 is 0 Å². The number of urea groups is 1. The lowest BCUT2D eigenvalue weighted by atomic mass is 9.79. The molecule has 0 heterocycles. The van der Waals surface area contributed by atoms with E-state index in [2.05, 4.69) is 31.4 Å². The summed E-state index contributed by atoms with van der Waals surface area (Å²) >= 11 is 0. The van der Waals surface area contributed by atoms with Gasteiger partial charge in [0.2, 0.25) is 0 Å². The Morgan fingerprint density at radius 2 is 1.86 bits per heavy atom. The van der Waals surface area contributed by atoms with E-state index < -0.39 is 0 Å². The average Bonchev–Trinajstić information content (AvgIpc) is 2.52. The van der Waals surface area contributed by atoms with Gasteiger partial charge in [0.1, 0.15) is 0 Å². The number of carbonyl (C=O) groups is 1. The molecule has 1 aromatic rings. The molecule has 1 rings (SSSR count). The fourth-order valence-electron chi connectivity index (χ4n) is 2.56. The maximum atomic E-state index is 12.1. The molecule has 3 N–H and O–H groups in total. The van der Waals surface area contributed by atoms with Gasteiger partial charge in [-0.25, -0.2) is 4.79 Å². The van der Waals surface area contributed by atoms with Crippen molar-refractivity contribution < 1.29 is 9.90 Å². The van der Waals surface area contributed by atoms with E-state index in [-0.39, 0.29) is 18.1 Å². The third kappa shape index (κ3) is 5.05. The van der Waals surface area contributed by atoms with Crippen LogP contribution in [0.1, 0.15) is 45.6 Å². The Hall–Kier alpha value is -1.55. The summed E-state index contributed by atoms with van der Waals surface area (Å²) in [5.41, 5.74) is 1.97. The monoisotopic (exact) mass is 292 g/mol. The minimum atomic E-state index is -0.180. The molecule has 0 aliphatic carbocycles. The van der Waals surface area contributed by atoms with Crippen LogP contribution in [0.25, 0.3) is 0 Å². The predicted molar refractivity (Wildman–Crippen MR) is 87.6 cm³/mol. The molecule has 0 aliphatic heterocycles. The van der Waals surface area contributed by atoms with E-state index in [9.17, 15) is 9.90 Å². The molecule has 0 spiro atoms. The molecule has 0 radical (unpaired) electrons. The molecule has 0 aliphatic rings. The van der Waals surface area contributed by atoms with Gasteiger partial charge in [0.05, 0.1) is 0 Å². The largest absolute Gasteiger partial charge is 0.396 e. The van der Waals surface area contributed by atoms with Crippen molar-refractivity contribution in [2.75, 3.05) is 18.5 Å². The second-order valence-corrected chi connectivity index (χ2v) is 5.50. The van der Waals surface area contributed by atoms with Gasteiger partial charge in [-0.05, 0) is 42.7 Å². The maximum absolute atomic E-state index is 12.1. The normalized spacial score (nSPS) is 11.2. The highest BCUT2D eigenvalue weighted by Gasteiger charge is 2.26. The van der Waals surface area contributed by atoms with Crippen LogP contribution in [0.4, 0.5) is 10.5 Å². The number of hydrogen-bond donors (Lipinski definition) is 3. The number of rotatable bonds is 8. The van der Waals surface area contributed by atoms with Crippen LogP contribution >= 0.6 is 0 Å². The van der Waals surface area contributed by atoms with Crippen molar-refractivity contribution in [2.24, 2.45) is 5.41 Å². The second-order valence-electron chi connectivity index (χ2n) is 5.50. The van der Waals surface area contributed by atoms with E-state index in [0.717, 1.165) is 30.5 Å². The highest BCUT2D eigenvalue weighted by molar-refractivity contribution is 5.90. The standard InChI is InChI=1S/C17H28N2O2/c1-4-14-9-7-8-10-15(14)19-16(21)18-13-17(5-2,6-3)11-12-20/h7-10,20H,4-6,11-13H2,1-3H3,(H2,18,19,21). The summed E-state index contributed by atoms with van der Waals surface area (Å²) in [6, 6.07) is 7.65. The zero-order chi connectivity index (χ0) is 15.7. The van der Waals surface area contributed by atoms with Crippen LogP contribution in [0.2, 0.25) is 0 Å². The lowest BCUT2D eigenvalue weighted by Gasteiger charge is -2.31. The molecule has 0 saturated heterocycles. The molecule has 4 heteroatoms. The highest BCUT2D eigenvalue weighted by Crippen LogP contribution is 2.29. The molecule has 0 atom stereocenters. The van der Waals surface area contributed by atoms with E-state index in [4.69, 9.17) is 0 Å². The van der Waals surface area contributed by atoms with Crippen LogP contribution in [-0.4, -0.2) is 24.3 Å². The van der Waals surface area contributed by atoms with Gasteiger partial charge >= 0.3 is 6.03 Å². The summed E-state index contributed by atoms with van der Waals surface area (Å²) in [6.07, 6.45) is 3.48. The smallest absolute Gasteiger partial charge is 0.319 e. The molecule has 21 heavy (non-hydrogen) atoms. The quantitative estimate of drug-likeness (QED) is 0.686. The van der Waals surface area contributed by atoms with E-state index in [1.54, 1.807) is 0 Å². The maximum Gasteiger partial charge on any atom is 0.319 e. The van der Waals surface area contributed by atoms with Crippen molar-refractivity contribution in [1.82, 2.24) is 5.32 Å². The first-order valence-corrected chi connectivity index (χ1v) is 7.84. The van der Waals surface area contributed by atoms with Gasteiger partial charge in [0.25, 0.3) is 0 Å². The van der Waals surface area contributed by atoms with Crippen LogP contribution in [0, 0.1) is 5.41 Å². The Bertz CT molecular complexity index is 442. The Balaban J connectivity index is 2.61. The van der Waals surface area contributed by atoms with Gasteiger partial charge in [-0.3, -0.25) is 0 Å². The summed E-state index contributed by atoms with van der Waals surface area (Å²) < 4.78 is 0. The van der Waals surface area contributed by atoms with Crippen LogP contribution in [0.3, 0.4) is 0 Å². The number of nitrogens with one attached hydrogen (secondary N) is 2. The van der Waals surface area contributed by atoms with Crippen LogP contribution < -0.4 is 10.6 Å². The predicted octanol–water partition coefficient (Wildman–Crippen LogP) is 3.56. The molecule has 1 aromatic carbocycles. The Morgan fingerprint density at radius 3 is 2.43 bits per heavy atom. The Morgan fingerprint density at radius 1 is 1.19 bits per heavy atom. The number of para-hydroxylation sites is 1. The van der Waals surface area contributed by atoms with Gasteiger partial charge in [0.15, 0.2) is 0 Å². The topological polar surface area (TPSA) is 61.4 Å². The van der Waals surface area contributed by atoms with E-state index in [1.807, 2.05) is 24.3 Å². The number of benzene rings is 1. The first kappa shape index (κ1) is 17.5. The fraction of sp³-hybridized carbons (Fsp3) is 0.588. The van der Waals surface area contributed by atoms with Crippen molar-refractivity contribution in [1.29, 1.82) is 0 Å². The number of aryl methyl sites for hydroxylation is 1. The third-order valence-electron chi connectivity index (χ3n) is 4.41. The van der Waals surface area contributed by atoms with Crippen LogP contribution in [-0.2, 0) is 6.42 Å². The molecule has 4 nitrogen and oxygen atoms in total. The lowest BCUT2D eigenvalue weighted by molar-refractivity contribution is 0.165. The van der Waals surface area contributed by atoms with Gasteiger partial charge in [0, 0.05) is 18.8 Å². The minimum absolute atomic E-state index is 0.0175. The first-order chi connectivity index (χ1) is 10.1. The number of aliphatic hydroxyl groups is 1. The number of amides is 2. The molecular formula is C17H28N2O2. The fourth-order valence-corrected chi connectivity index (χ4v) is 2.56. The Kier molecular flexibility index (Phi) is 7.23. The van der Waals surface area contributed by atoms with Crippen molar-refractivity contribution in [2.45, 2.75) is 46.5 Å². The third-order valence-corrected chi connectivity index (χ3v) is 4.41. The van der Waals surface area contributed by atoms with Gasteiger partial charge in [-0.2, -0.15) is 0 Å². The summed E-state index contributed by atoms with van der Waals surface area (Å²) in [4.78, 5) is 12.1. The highest BCUT2D eigenvalue weighted by atomic mass is 16.3. The van der Waals surface area contributed by atoms with Gasteiger partial charge in [-0.15, -0.1) is 0 Å². The van der Waals surface area contributed by atoms with Crippen molar-refractivity contribution >= 4 is 11.7 Å². The molecule has 118 valence electrons.